The number of rotatable bonds is 6. The fourth-order valence-corrected chi connectivity index (χ4v) is 4.33. The minimum atomic E-state index is -0.427. The first kappa shape index (κ1) is 17.2. The summed E-state index contributed by atoms with van der Waals surface area (Å²) in [4.78, 5) is 2.61. The van der Waals surface area contributed by atoms with Crippen LogP contribution in [0.15, 0.2) is 0 Å². The van der Waals surface area contributed by atoms with Crippen molar-refractivity contribution in [3.05, 3.63) is 0 Å². The van der Waals surface area contributed by atoms with Gasteiger partial charge in [-0.05, 0) is 56.9 Å². The van der Waals surface area contributed by atoms with Crippen LogP contribution in [0.5, 0.6) is 0 Å². The molecule has 2 fully saturated rings. The maximum atomic E-state index is 10.1. The van der Waals surface area contributed by atoms with Gasteiger partial charge in [-0.25, -0.2) is 0 Å². The molecular weight excluding hydrogens is 260 g/mol. The Labute approximate surface area is 131 Å². The molecule has 2 N–H and O–H groups in total. The monoisotopic (exact) mass is 296 g/mol. The molecule has 0 bridgehead atoms. The zero-order valence-electron chi connectivity index (χ0n) is 14.5. The van der Waals surface area contributed by atoms with Gasteiger partial charge in [-0.2, -0.15) is 0 Å². The quantitative estimate of drug-likeness (QED) is 0.740. The minimum absolute atomic E-state index is 0.427. The molecule has 0 radical (unpaired) electrons. The fourth-order valence-electron chi connectivity index (χ4n) is 4.33. The molecule has 0 amide bonds. The van der Waals surface area contributed by atoms with Crippen LogP contribution in [0.4, 0.5) is 0 Å². The Balaban J connectivity index is 1.92. The molecular formula is C18H36N2O. The Morgan fingerprint density at radius 1 is 1.24 bits per heavy atom. The van der Waals surface area contributed by atoms with Crippen molar-refractivity contribution in [2.45, 2.75) is 71.3 Å². The summed E-state index contributed by atoms with van der Waals surface area (Å²) in [7, 11) is 0. The van der Waals surface area contributed by atoms with E-state index >= 15 is 0 Å². The second-order valence-corrected chi connectivity index (χ2v) is 8.15. The lowest BCUT2D eigenvalue weighted by molar-refractivity contribution is -0.0225. The third-order valence-electron chi connectivity index (χ3n) is 5.60. The van der Waals surface area contributed by atoms with Gasteiger partial charge in [0, 0.05) is 26.2 Å². The van der Waals surface area contributed by atoms with Gasteiger partial charge in [0.1, 0.15) is 0 Å². The molecule has 2 atom stereocenters. The number of hydrogen-bond donors (Lipinski definition) is 2. The molecule has 0 aromatic carbocycles. The summed E-state index contributed by atoms with van der Waals surface area (Å²) in [5.41, 5.74) is 0.0417. The highest BCUT2D eigenvalue weighted by Gasteiger charge is 2.38. The maximum absolute atomic E-state index is 10.1. The number of piperidine rings is 1. The smallest absolute Gasteiger partial charge is 0.0644 e. The van der Waals surface area contributed by atoms with Gasteiger partial charge in [0.15, 0.2) is 0 Å². The van der Waals surface area contributed by atoms with Gasteiger partial charge >= 0.3 is 0 Å². The maximum Gasteiger partial charge on any atom is 0.0644 e. The Morgan fingerprint density at radius 2 is 1.95 bits per heavy atom. The number of likely N-dealkylation sites (tertiary alicyclic amines) is 1. The van der Waals surface area contributed by atoms with Crippen molar-refractivity contribution in [1.82, 2.24) is 10.2 Å². The summed E-state index contributed by atoms with van der Waals surface area (Å²) < 4.78 is 0. The molecule has 3 nitrogen and oxygen atoms in total. The van der Waals surface area contributed by atoms with Crippen molar-refractivity contribution in [2.75, 3.05) is 32.7 Å². The van der Waals surface area contributed by atoms with Crippen LogP contribution in [0.2, 0.25) is 0 Å². The van der Waals surface area contributed by atoms with E-state index in [-0.39, 0.29) is 0 Å². The normalized spacial score (nSPS) is 34.0. The highest BCUT2D eigenvalue weighted by molar-refractivity contribution is 4.92. The molecule has 0 spiro atoms. The SMILES string of the molecule is CCCNCC1(CN2CCC(C)(O)CC2)CCCC(C)C1. The molecule has 1 aliphatic carbocycles. The lowest BCUT2D eigenvalue weighted by atomic mass is 9.69. The van der Waals surface area contributed by atoms with E-state index in [1.54, 1.807) is 0 Å². The van der Waals surface area contributed by atoms with Crippen molar-refractivity contribution >= 4 is 0 Å². The highest BCUT2D eigenvalue weighted by Crippen LogP contribution is 2.40. The zero-order valence-corrected chi connectivity index (χ0v) is 14.5. The van der Waals surface area contributed by atoms with Gasteiger partial charge in [-0.15, -0.1) is 0 Å². The van der Waals surface area contributed by atoms with Gasteiger partial charge in [0.05, 0.1) is 5.60 Å². The molecule has 1 aliphatic heterocycles. The largest absolute Gasteiger partial charge is 0.390 e. The Kier molecular flexibility index (Phi) is 6.10. The molecule has 21 heavy (non-hydrogen) atoms. The minimum Gasteiger partial charge on any atom is -0.390 e. The summed E-state index contributed by atoms with van der Waals surface area (Å²) in [5.74, 6) is 0.870. The third kappa shape index (κ3) is 5.22. The summed E-state index contributed by atoms with van der Waals surface area (Å²) >= 11 is 0. The average Bonchev–Trinajstić information content (AvgIpc) is 2.42. The van der Waals surface area contributed by atoms with E-state index in [4.69, 9.17) is 0 Å². The first-order chi connectivity index (χ1) is 9.95. The molecule has 1 saturated carbocycles. The van der Waals surface area contributed by atoms with Crippen LogP contribution < -0.4 is 5.32 Å². The van der Waals surface area contributed by atoms with E-state index in [0.29, 0.717) is 5.41 Å². The molecule has 2 unspecified atom stereocenters. The Morgan fingerprint density at radius 3 is 2.57 bits per heavy atom. The summed E-state index contributed by atoms with van der Waals surface area (Å²) in [6.07, 6.45) is 8.63. The lowest BCUT2D eigenvalue weighted by Gasteiger charge is -2.46. The van der Waals surface area contributed by atoms with Crippen molar-refractivity contribution in [1.29, 1.82) is 0 Å². The van der Waals surface area contributed by atoms with Gasteiger partial charge in [-0.1, -0.05) is 26.7 Å². The topological polar surface area (TPSA) is 35.5 Å². The second-order valence-electron chi connectivity index (χ2n) is 8.15. The van der Waals surface area contributed by atoms with Crippen LogP contribution in [0.1, 0.15) is 65.7 Å². The van der Waals surface area contributed by atoms with Crippen LogP contribution in [0, 0.1) is 11.3 Å². The number of aliphatic hydroxyl groups is 1. The Bertz CT molecular complexity index is 308. The van der Waals surface area contributed by atoms with E-state index in [1.165, 1.54) is 45.2 Å². The summed E-state index contributed by atoms with van der Waals surface area (Å²) in [6, 6.07) is 0. The van der Waals surface area contributed by atoms with Crippen LogP contribution in [-0.4, -0.2) is 48.3 Å². The van der Waals surface area contributed by atoms with Crippen molar-refractivity contribution in [3.8, 4) is 0 Å². The van der Waals surface area contributed by atoms with Crippen molar-refractivity contribution < 1.29 is 5.11 Å². The molecule has 1 saturated heterocycles. The molecule has 0 aromatic heterocycles. The van der Waals surface area contributed by atoms with Crippen LogP contribution in [0.3, 0.4) is 0 Å². The predicted octanol–water partition coefficient (Wildman–Crippen LogP) is 3.03. The third-order valence-corrected chi connectivity index (χ3v) is 5.60. The summed E-state index contributed by atoms with van der Waals surface area (Å²) in [5, 5.41) is 13.8. The van der Waals surface area contributed by atoms with E-state index < -0.39 is 5.60 Å². The van der Waals surface area contributed by atoms with Crippen molar-refractivity contribution in [2.24, 2.45) is 11.3 Å². The summed E-state index contributed by atoms with van der Waals surface area (Å²) in [6.45, 7) is 12.3. The average molecular weight is 296 g/mol. The molecule has 124 valence electrons. The lowest BCUT2D eigenvalue weighted by Crippen LogP contribution is -2.51. The van der Waals surface area contributed by atoms with E-state index in [1.807, 2.05) is 6.92 Å². The van der Waals surface area contributed by atoms with Crippen LogP contribution in [-0.2, 0) is 0 Å². The van der Waals surface area contributed by atoms with Gasteiger partial charge in [0.2, 0.25) is 0 Å². The number of nitrogens with zero attached hydrogens (tertiary/aromatic N) is 1. The number of hydrogen-bond acceptors (Lipinski definition) is 3. The molecule has 1 heterocycles. The molecule has 2 aliphatic rings. The first-order valence-corrected chi connectivity index (χ1v) is 9.10. The van der Waals surface area contributed by atoms with E-state index in [9.17, 15) is 5.11 Å². The highest BCUT2D eigenvalue weighted by atomic mass is 16.3. The number of nitrogens with one attached hydrogen (secondary N) is 1. The standard InChI is InChI=1S/C18H36N2O/c1-4-10-19-14-18(7-5-6-16(2)13-18)15-20-11-8-17(3,21)9-12-20/h16,19,21H,4-15H2,1-3H3. The van der Waals surface area contributed by atoms with Gasteiger partial charge in [-0.3, -0.25) is 0 Å². The van der Waals surface area contributed by atoms with Crippen LogP contribution >= 0.6 is 0 Å². The van der Waals surface area contributed by atoms with Crippen LogP contribution in [0.25, 0.3) is 0 Å². The predicted molar refractivity (Wildman–Crippen MR) is 89.5 cm³/mol. The second kappa shape index (κ2) is 7.43. The van der Waals surface area contributed by atoms with E-state index in [2.05, 4.69) is 24.1 Å². The zero-order chi connectivity index (χ0) is 15.3. The first-order valence-electron chi connectivity index (χ1n) is 9.10. The molecule has 2 rings (SSSR count). The van der Waals surface area contributed by atoms with Gasteiger partial charge in [0.25, 0.3) is 0 Å². The molecule has 3 heteroatoms. The van der Waals surface area contributed by atoms with Crippen molar-refractivity contribution in [3.63, 3.8) is 0 Å². The Hall–Kier alpha value is -0.120. The van der Waals surface area contributed by atoms with E-state index in [0.717, 1.165) is 38.4 Å². The molecule has 0 aromatic rings. The fraction of sp³-hybridized carbons (Fsp3) is 1.00. The van der Waals surface area contributed by atoms with Gasteiger partial charge < -0.3 is 15.3 Å².